The number of unbranched alkanes of at least 4 members (excludes halogenated alkanes) is 36. The van der Waals surface area contributed by atoms with Gasteiger partial charge in [0.1, 0.15) is 6.10 Å². The molecule has 0 rings (SSSR count). The van der Waals surface area contributed by atoms with Gasteiger partial charge in [-0.15, -0.1) is 0 Å². The number of carbonyl (C=O) groups excluding carboxylic acids is 3. The molecule has 9 heteroatoms. The highest BCUT2D eigenvalue weighted by Crippen LogP contribution is 2.31. The molecular weight excluding hydrogens is 1230 g/mol. The van der Waals surface area contributed by atoms with E-state index in [0.29, 0.717) is 31.5 Å². The normalized spacial score (nSPS) is 13.7. The summed E-state index contributed by atoms with van der Waals surface area (Å²) in [5, 5.41) is 9.52. The van der Waals surface area contributed by atoms with Crippen molar-refractivity contribution < 1.29 is 33.7 Å². The van der Waals surface area contributed by atoms with Crippen LogP contribution in [0, 0.1) is 23.7 Å². The molecule has 0 radical (unpaired) electrons. The van der Waals surface area contributed by atoms with Gasteiger partial charge < -0.3 is 29.1 Å². The van der Waals surface area contributed by atoms with Crippen molar-refractivity contribution in [2.45, 2.75) is 433 Å². The molecule has 0 bridgehead atoms. The first-order valence-electron chi connectivity index (χ1n) is 44.2. The summed E-state index contributed by atoms with van der Waals surface area (Å²) >= 11 is 0. The van der Waals surface area contributed by atoms with Crippen LogP contribution in [0.3, 0.4) is 0 Å². The molecule has 5 atom stereocenters. The molecule has 0 aromatic carbocycles. The quantitative estimate of drug-likeness (QED) is 0.0276. The van der Waals surface area contributed by atoms with Crippen molar-refractivity contribution in [3.05, 3.63) is 48.6 Å². The van der Waals surface area contributed by atoms with Gasteiger partial charge in [0.2, 0.25) is 0 Å². The van der Waals surface area contributed by atoms with Crippen LogP contribution in [0.4, 0.5) is 0 Å². The first-order chi connectivity index (χ1) is 49.1. The van der Waals surface area contributed by atoms with Gasteiger partial charge in [0.15, 0.2) is 0 Å². The van der Waals surface area contributed by atoms with Gasteiger partial charge in [-0.2, -0.15) is 0 Å². The highest BCUT2D eigenvalue weighted by atomic mass is 16.5. The highest BCUT2D eigenvalue weighted by molar-refractivity contribution is 5.72. The number of rotatable bonds is 80. The molecular formula is C91H172N2O7. The average Bonchev–Trinajstić information content (AvgIpc) is 1.28. The number of aliphatic hydroxyl groups is 1. The van der Waals surface area contributed by atoms with Gasteiger partial charge in [0.05, 0.1) is 25.0 Å². The van der Waals surface area contributed by atoms with Crippen LogP contribution in [0.2, 0.25) is 0 Å². The van der Waals surface area contributed by atoms with Crippen LogP contribution in [0.5, 0.6) is 0 Å². The molecule has 0 amide bonds. The summed E-state index contributed by atoms with van der Waals surface area (Å²) in [6.45, 7) is 19.2. The van der Waals surface area contributed by atoms with Gasteiger partial charge in [-0.05, 0) is 213 Å². The van der Waals surface area contributed by atoms with Crippen LogP contribution in [-0.2, 0) is 28.6 Å². The Labute approximate surface area is 623 Å². The van der Waals surface area contributed by atoms with Crippen molar-refractivity contribution >= 4 is 17.9 Å². The molecule has 588 valence electrons. The number of carbonyl (C=O) groups is 3. The van der Waals surface area contributed by atoms with Gasteiger partial charge >= 0.3 is 17.9 Å². The maximum absolute atomic E-state index is 13.8. The fourth-order valence-corrected chi connectivity index (χ4v) is 14.4. The average molecular weight is 1410 g/mol. The number of hydrogen-bond donors (Lipinski definition) is 1. The molecule has 0 aliphatic heterocycles. The summed E-state index contributed by atoms with van der Waals surface area (Å²) in [6, 6.07) is 0. The first-order valence-corrected chi connectivity index (χ1v) is 44.2. The van der Waals surface area contributed by atoms with Crippen molar-refractivity contribution in [1.29, 1.82) is 0 Å². The molecule has 0 aliphatic rings. The number of ether oxygens (including phenoxy) is 3. The van der Waals surface area contributed by atoms with Crippen LogP contribution in [0.1, 0.15) is 427 Å². The van der Waals surface area contributed by atoms with E-state index in [1.165, 1.54) is 212 Å². The molecule has 9 nitrogen and oxygen atoms in total. The fraction of sp³-hybridized carbons (Fsp3) is 0.879. The molecule has 0 fully saturated rings. The standard InChI is InChI=1S/C91H172N2O7/c1-9-15-20-24-27-28-29-30-31-32-33-36-39-42-47-57-74-88(100-89(95)76-66-77-92(7)8)75-58-48-43-40-37-34-35-38-41-46-54-68-85(67-19-13-5)84(14-6)72-65-73-87(71-56-45-26-22-17-11-3)91(97)99-83-64-52-50-60-79-93(80-61-62-81-94)78-59-49-51-63-82-98-90(96)86(69-53-23-18-12-4)70-55-44-25-21-16-10-2/h27-28,30-31,38,41,54,68,84-88,94H,9-26,29,32-37,39-40,42-53,55-67,69-83H2,1-8H3/b28-27-,31-30-,41-38-,68-54-. The molecule has 0 saturated heterocycles. The lowest BCUT2D eigenvalue weighted by Gasteiger charge is -2.25. The Kier molecular flexibility index (Phi) is 76.7. The van der Waals surface area contributed by atoms with E-state index in [4.69, 9.17) is 14.2 Å². The van der Waals surface area contributed by atoms with Gasteiger partial charge in [0, 0.05) is 13.0 Å². The lowest BCUT2D eigenvalue weighted by molar-refractivity contribution is -0.150. The minimum atomic E-state index is -0.00601. The van der Waals surface area contributed by atoms with Gasteiger partial charge in [-0.3, -0.25) is 14.4 Å². The summed E-state index contributed by atoms with van der Waals surface area (Å²) in [5.41, 5.74) is 0. The molecule has 0 heterocycles. The van der Waals surface area contributed by atoms with E-state index in [1.54, 1.807) is 0 Å². The lowest BCUT2D eigenvalue weighted by atomic mass is 9.81. The largest absolute Gasteiger partial charge is 0.465 e. The fourth-order valence-electron chi connectivity index (χ4n) is 14.4. The summed E-state index contributed by atoms with van der Waals surface area (Å²) in [6.07, 6.45) is 88.7. The third kappa shape index (κ3) is 67.2. The van der Waals surface area contributed by atoms with Crippen molar-refractivity contribution in [3.8, 4) is 0 Å². The molecule has 0 aliphatic carbocycles. The molecule has 0 aromatic rings. The smallest absolute Gasteiger partial charge is 0.308 e. The second-order valence-electron chi connectivity index (χ2n) is 30.9. The van der Waals surface area contributed by atoms with E-state index in [-0.39, 0.29) is 42.5 Å². The van der Waals surface area contributed by atoms with Gasteiger partial charge in [-0.1, -0.05) is 308 Å². The Bertz CT molecular complexity index is 1830. The molecule has 5 unspecified atom stereocenters. The van der Waals surface area contributed by atoms with Crippen LogP contribution >= 0.6 is 0 Å². The zero-order valence-corrected chi connectivity index (χ0v) is 68.2. The van der Waals surface area contributed by atoms with E-state index in [9.17, 15) is 19.5 Å². The SMILES string of the molecule is CCCCC/C=C\C/C=C\CCCCCCCCC(CCCCCCCC/C=C\C/C=C\C(CCCC)C(CC)CCCC(CCCCCCCC)C(=O)OCCCCCCN(CCCCO)CCCCCCOC(=O)C(CCCCCC)CCCCCCCC)OC(=O)CCCN(C)C. The molecule has 0 aromatic heterocycles. The van der Waals surface area contributed by atoms with Crippen LogP contribution in [0.25, 0.3) is 0 Å². The summed E-state index contributed by atoms with van der Waals surface area (Å²) < 4.78 is 18.1. The number of aliphatic hydroxyl groups excluding tert-OH is 1. The van der Waals surface area contributed by atoms with Crippen molar-refractivity contribution in [1.82, 2.24) is 9.80 Å². The van der Waals surface area contributed by atoms with Crippen LogP contribution < -0.4 is 0 Å². The van der Waals surface area contributed by atoms with Crippen molar-refractivity contribution in [2.75, 3.05) is 60.1 Å². The zero-order valence-electron chi connectivity index (χ0n) is 68.2. The minimum absolute atomic E-state index is 0.00601. The molecule has 0 saturated carbocycles. The summed E-state index contributed by atoms with van der Waals surface area (Å²) in [5.74, 6) is 1.42. The van der Waals surface area contributed by atoms with E-state index in [2.05, 4.69) is 114 Å². The number of allylic oxidation sites excluding steroid dienone is 8. The lowest BCUT2D eigenvalue weighted by Crippen LogP contribution is -2.27. The second kappa shape index (κ2) is 78.8. The molecule has 100 heavy (non-hydrogen) atoms. The second-order valence-corrected chi connectivity index (χ2v) is 30.9. The Morgan fingerprint density at radius 1 is 0.350 bits per heavy atom. The maximum atomic E-state index is 13.8. The maximum Gasteiger partial charge on any atom is 0.308 e. The Balaban J connectivity index is 4.94. The van der Waals surface area contributed by atoms with E-state index in [1.807, 2.05) is 0 Å². The van der Waals surface area contributed by atoms with Crippen molar-refractivity contribution in [3.63, 3.8) is 0 Å². The monoisotopic (exact) mass is 1410 g/mol. The predicted octanol–water partition coefficient (Wildman–Crippen LogP) is 27.1. The number of nitrogens with zero attached hydrogens (tertiary/aromatic N) is 2. The van der Waals surface area contributed by atoms with Crippen LogP contribution in [-0.4, -0.2) is 99.0 Å². The summed E-state index contributed by atoms with van der Waals surface area (Å²) in [4.78, 5) is 44.5. The Morgan fingerprint density at radius 2 is 0.720 bits per heavy atom. The van der Waals surface area contributed by atoms with E-state index in [0.717, 1.165) is 193 Å². The molecule has 1 N–H and O–H groups in total. The van der Waals surface area contributed by atoms with Crippen LogP contribution in [0.15, 0.2) is 48.6 Å². The third-order valence-corrected chi connectivity index (χ3v) is 21.1. The topological polar surface area (TPSA) is 106 Å². The number of esters is 3. The van der Waals surface area contributed by atoms with Crippen molar-refractivity contribution in [2.24, 2.45) is 23.7 Å². The Hall–Kier alpha value is -2.75. The summed E-state index contributed by atoms with van der Waals surface area (Å²) in [7, 11) is 4.13. The number of hydrogen-bond acceptors (Lipinski definition) is 9. The Morgan fingerprint density at radius 3 is 1.17 bits per heavy atom. The zero-order chi connectivity index (χ0) is 72.9. The van der Waals surface area contributed by atoms with Gasteiger partial charge in [-0.25, -0.2) is 0 Å². The first kappa shape index (κ1) is 97.2. The third-order valence-electron chi connectivity index (χ3n) is 21.1. The molecule has 0 spiro atoms. The minimum Gasteiger partial charge on any atom is -0.465 e. The van der Waals surface area contributed by atoms with E-state index >= 15 is 0 Å². The van der Waals surface area contributed by atoms with E-state index < -0.39 is 0 Å². The highest BCUT2D eigenvalue weighted by Gasteiger charge is 2.24. The van der Waals surface area contributed by atoms with Gasteiger partial charge in [0.25, 0.3) is 0 Å². The predicted molar refractivity (Wildman–Crippen MR) is 435 cm³/mol.